The van der Waals surface area contributed by atoms with Crippen molar-refractivity contribution in [2.75, 3.05) is 26.0 Å². The van der Waals surface area contributed by atoms with Crippen molar-refractivity contribution in [1.82, 2.24) is 10.2 Å². The summed E-state index contributed by atoms with van der Waals surface area (Å²) in [6.07, 6.45) is 0.680. The van der Waals surface area contributed by atoms with Gasteiger partial charge in [0.2, 0.25) is 11.8 Å². The van der Waals surface area contributed by atoms with E-state index in [0.717, 1.165) is 11.1 Å². The number of fused-ring (bicyclic) bond motifs is 1. The number of amides is 2. The molecule has 2 aromatic carbocycles. The van der Waals surface area contributed by atoms with Crippen LogP contribution in [0.2, 0.25) is 0 Å². The van der Waals surface area contributed by atoms with Gasteiger partial charge in [-0.05, 0) is 47.9 Å². The Morgan fingerprint density at radius 2 is 1.97 bits per heavy atom. The monoisotopic (exact) mass is 433 g/mol. The summed E-state index contributed by atoms with van der Waals surface area (Å²) >= 11 is 0. The third-order valence-corrected chi connectivity index (χ3v) is 5.85. The van der Waals surface area contributed by atoms with E-state index in [0.29, 0.717) is 30.8 Å². The minimum Gasteiger partial charge on any atom is -0.497 e. The van der Waals surface area contributed by atoms with Crippen molar-refractivity contribution in [3.63, 3.8) is 0 Å². The van der Waals surface area contributed by atoms with Crippen LogP contribution in [0.3, 0.4) is 0 Å². The van der Waals surface area contributed by atoms with Crippen LogP contribution in [0.25, 0.3) is 0 Å². The van der Waals surface area contributed by atoms with E-state index < -0.39 is 12.0 Å². The number of methoxy groups -OCH3 is 1. The molecule has 0 radical (unpaired) electrons. The molecule has 0 spiro atoms. The molecule has 1 fully saturated rings. The molecule has 2 aliphatic rings. The molecule has 2 amide bonds. The molecule has 2 unspecified atom stereocenters. The van der Waals surface area contributed by atoms with E-state index in [-0.39, 0.29) is 42.1 Å². The van der Waals surface area contributed by atoms with Gasteiger partial charge in [-0.25, -0.2) is 4.39 Å². The summed E-state index contributed by atoms with van der Waals surface area (Å²) in [6, 6.07) is 10.3. The van der Waals surface area contributed by atoms with Crippen molar-refractivity contribution in [3.05, 3.63) is 58.9 Å². The number of ether oxygens (including phenoxy) is 1. The highest BCUT2D eigenvalue weighted by molar-refractivity contribution is 5.98. The van der Waals surface area contributed by atoms with Crippen LogP contribution in [0.5, 0.6) is 5.75 Å². The van der Waals surface area contributed by atoms with Crippen molar-refractivity contribution >= 4 is 29.9 Å². The highest BCUT2D eigenvalue weighted by Gasteiger charge is 2.42. The Morgan fingerprint density at radius 1 is 1.23 bits per heavy atom. The molecule has 160 valence electrons. The second-order valence-corrected chi connectivity index (χ2v) is 7.51. The lowest BCUT2D eigenvalue weighted by Gasteiger charge is -2.25. The molecule has 2 aromatic rings. The number of hydrogen-bond donors (Lipinski definition) is 2. The minimum absolute atomic E-state index is 0. The molecule has 2 atom stereocenters. The predicted molar refractivity (Wildman–Crippen MR) is 114 cm³/mol. The van der Waals surface area contributed by atoms with Gasteiger partial charge < -0.3 is 20.3 Å². The van der Waals surface area contributed by atoms with Gasteiger partial charge in [0.25, 0.3) is 0 Å². The lowest BCUT2D eigenvalue weighted by atomic mass is 9.92. The molecule has 4 rings (SSSR count). The first-order valence-electron chi connectivity index (χ1n) is 9.71. The fourth-order valence-electron chi connectivity index (χ4n) is 4.22. The number of rotatable bonds is 4. The summed E-state index contributed by atoms with van der Waals surface area (Å²) in [6.45, 7) is 1.34. The van der Waals surface area contributed by atoms with Gasteiger partial charge in [-0.15, -0.1) is 12.4 Å². The number of nitrogens with one attached hydrogen (secondary N) is 2. The zero-order chi connectivity index (χ0) is 20.5. The lowest BCUT2D eigenvalue weighted by molar-refractivity contribution is -0.127. The third kappa shape index (κ3) is 4.00. The Labute approximate surface area is 181 Å². The normalized spacial score (nSPS) is 20.4. The smallest absolute Gasteiger partial charge is 0.230 e. The van der Waals surface area contributed by atoms with Gasteiger partial charge in [-0.2, -0.15) is 0 Å². The van der Waals surface area contributed by atoms with Crippen molar-refractivity contribution in [1.29, 1.82) is 0 Å². The van der Waals surface area contributed by atoms with E-state index >= 15 is 0 Å². The summed E-state index contributed by atoms with van der Waals surface area (Å²) in [4.78, 5) is 27.0. The maximum Gasteiger partial charge on any atom is 0.230 e. The van der Waals surface area contributed by atoms with Crippen molar-refractivity contribution in [2.24, 2.45) is 5.92 Å². The fraction of sp³-hybridized carbons (Fsp3) is 0.364. The Kier molecular flexibility index (Phi) is 6.63. The van der Waals surface area contributed by atoms with E-state index in [1.807, 2.05) is 18.2 Å². The first kappa shape index (κ1) is 22.1. The molecule has 6 nitrogen and oxygen atoms in total. The number of carbonyl (C=O) groups excluding carboxylic acids is 2. The summed E-state index contributed by atoms with van der Waals surface area (Å²) in [5, 5.41) is 5.94. The number of benzene rings is 2. The zero-order valence-corrected chi connectivity index (χ0v) is 17.7. The lowest BCUT2D eigenvalue weighted by Crippen LogP contribution is -2.30. The summed E-state index contributed by atoms with van der Waals surface area (Å²) in [5.41, 5.74) is 2.58. The first-order chi connectivity index (χ1) is 14.0. The Balaban J connectivity index is 0.00000256. The van der Waals surface area contributed by atoms with Crippen LogP contribution in [0.15, 0.2) is 36.4 Å². The molecule has 0 aliphatic carbocycles. The molecule has 0 bridgehead atoms. The predicted octanol–water partition coefficient (Wildman–Crippen LogP) is 3.06. The number of hydrogen-bond acceptors (Lipinski definition) is 4. The molecule has 0 saturated carbocycles. The molecule has 2 aliphatic heterocycles. The van der Waals surface area contributed by atoms with Gasteiger partial charge in [-0.3, -0.25) is 9.59 Å². The number of halogens is 2. The Morgan fingerprint density at radius 3 is 2.67 bits per heavy atom. The minimum atomic E-state index is -0.599. The summed E-state index contributed by atoms with van der Waals surface area (Å²) in [7, 11) is 3.27. The highest BCUT2D eigenvalue weighted by Crippen LogP contribution is 2.38. The van der Waals surface area contributed by atoms with E-state index in [9.17, 15) is 14.0 Å². The van der Waals surface area contributed by atoms with Crippen LogP contribution < -0.4 is 15.4 Å². The van der Waals surface area contributed by atoms with Gasteiger partial charge in [0.15, 0.2) is 0 Å². The molecule has 2 heterocycles. The molecular weight excluding hydrogens is 409 g/mol. The zero-order valence-electron chi connectivity index (χ0n) is 16.9. The molecule has 8 heteroatoms. The highest BCUT2D eigenvalue weighted by atomic mass is 35.5. The van der Waals surface area contributed by atoms with Gasteiger partial charge in [0.1, 0.15) is 11.6 Å². The second-order valence-electron chi connectivity index (χ2n) is 7.51. The van der Waals surface area contributed by atoms with Crippen molar-refractivity contribution < 1.29 is 18.7 Å². The molecule has 30 heavy (non-hydrogen) atoms. The van der Waals surface area contributed by atoms with Gasteiger partial charge in [0, 0.05) is 20.0 Å². The standard InChI is InChI=1S/C22H24FN3O3.ClH/c1-26-19(27)11-17(21(26)13-3-6-15(29-2)7-4-13)22(28)25-18-8-5-14-12-24-10-9-16(14)20(18)23;/h3-8,17,21,24H,9-12H2,1-2H3,(H,25,28);1H. The van der Waals surface area contributed by atoms with Crippen LogP contribution in [0.4, 0.5) is 10.1 Å². The second kappa shape index (κ2) is 9.02. The fourth-order valence-corrected chi connectivity index (χ4v) is 4.22. The molecule has 0 aromatic heterocycles. The van der Waals surface area contributed by atoms with Crippen LogP contribution in [0.1, 0.15) is 29.2 Å². The summed E-state index contributed by atoms with van der Waals surface area (Å²) < 4.78 is 20.1. The SMILES string of the molecule is COc1ccc(C2C(C(=O)Nc3ccc4c(c3F)CCNC4)CC(=O)N2C)cc1.Cl. The van der Waals surface area contributed by atoms with E-state index in [1.54, 1.807) is 37.3 Å². The third-order valence-electron chi connectivity index (χ3n) is 5.85. The number of nitrogens with zero attached hydrogens (tertiary/aromatic N) is 1. The Hall–Kier alpha value is -2.64. The van der Waals surface area contributed by atoms with E-state index in [4.69, 9.17) is 4.74 Å². The van der Waals surface area contributed by atoms with Crippen LogP contribution in [-0.4, -0.2) is 37.4 Å². The topological polar surface area (TPSA) is 70.7 Å². The Bertz CT molecular complexity index is 951. The molecule has 2 N–H and O–H groups in total. The first-order valence-corrected chi connectivity index (χ1v) is 9.71. The van der Waals surface area contributed by atoms with Crippen molar-refractivity contribution in [2.45, 2.75) is 25.4 Å². The largest absolute Gasteiger partial charge is 0.497 e. The van der Waals surface area contributed by atoms with Crippen molar-refractivity contribution in [3.8, 4) is 5.75 Å². The average molecular weight is 434 g/mol. The van der Waals surface area contributed by atoms with E-state index in [2.05, 4.69) is 10.6 Å². The van der Waals surface area contributed by atoms with Gasteiger partial charge in [-0.1, -0.05) is 18.2 Å². The number of anilines is 1. The van der Waals surface area contributed by atoms with Crippen LogP contribution >= 0.6 is 12.4 Å². The van der Waals surface area contributed by atoms with Crippen LogP contribution in [0, 0.1) is 11.7 Å². The molecule has 1 saturated heterocycles. The quantitative estimate of drug-likeness (QED) is 0.777. The molecular formula is C22H25ClFN3O3. The average Bonchev–Trinajstić information content (AvgIpc) is 3.05. The van der Waals surface area contributed by atoms with Crippen LogP contribution in [-0.2, 0) is 22.6 Å². The van der Waals surface area contributed by atoms with E-state index in [1.165, 1.54) is 0 Å². The maximum absolute atomic E-state index is 14.9. The van der Waals surface area contributed by atoms with Gasteiger partial charge in [0.05, 0.1) is 24.8 Å². The van der Waals surface area contributed by atoms with Gasteiger partial charge >= 0.3 is 0 Å². The summed E-state index contributed by atoms with van der Waals surface area (Å²) in [5.74, 6) is -0.736. The number of carbonyl (C=O) groups is 2. The maximum atomic E-state index is 14.9. The number of likely N-dealkylation sites (tertiary alicyclic amines) is 1.